The van der Waals surface area contributed by atoms with E-state index in [-0.39, 0.29) is 5.91 Å². The van der Waals surface area contributed by atoms with Crippen molar-refractivity contribution >= 4 is 68.4 Å². The molecule has 0 bridgehead atoms. The molecular weight excluding hydrogens is 359 g/mol. The van der Waals surface area contributed by atoms with Gasteiger partial charge in [-0.05, 0) is 17.6 Å². The molecule has 0 aliphatic carbocycles. The predicted molar refractivity (Wildman–Crippen MR) is 83.3 cm³/mol. The minimum absolute atomic E-state index is 0.282. The van der Waals surface area contributed by atoms with E-state index in [2.05, 4.69) is 19.9 Å². The number of rotatable bonds is 3. The van der Waals surface area contributed by atoms with Crippen LogP contribution in [0.2, 0.25) is 8.67 Å². The van der Waals surface area contributed by atoms with Crippen LogP contribution in [0.3, 0.4) is 0 Å². The Balaban J connectivity index is 1.81. The molecule has 0 aromatic carbocycles. The zero-order chi connectivity index (χ0) is 14.1. The molecule has 0 saturated heterocycles. The number of amides is 1. The van der Waals surface area contributed by atoms with Crippen LogP contribution in [0.5, 0.6) is 0 Å². The average Bonchev–Trinajstić information content (AvgIpc) is 3.10. The summed E-state index contributed by atoms with van der Waals surface area (Å²) < 4.78 is 4.81. The van der Waals surface area contributed by atoms with Crippen LogP contribution in [0.1, 0.15) is 9.67 Å². The van der Waals surface area contributed by atoms with Gasteiger partial charge in [0.2, 0.25) is 0 Å². The van der Waals surface area contributed by atoms with Crippen molar-refractivity contribution in [1.29, 1.82) is 0 Å². The van der Waals surface area contributed by atoms with Gasteiger partial charge in [0.25, 0.3) is 5.91 Å². The number of anilines is 1. The number of thiophene rings is 1. The Morgan fingerprint density at radius 3 is 2.85 bits per heavy atom. The second kappa shape index (κ2) is 5.74. The molecule has 1 amide bonds. The van der Waals surface area contributed by atoms with Crippen molar-refractivity contribution in [3.63, 3.8) is 0 Å². The third-order valence-electron chi connectivity index (χ3n) is 2.24. The van der Waals surface area contributed by atoms with Crippen molar-refractivity contribution in [1.82, 2.24) is 14.6 Å². The Labute approximate surface area is 135 Å². The fourth-order valence-electron chi connectivity index (χ4n) is 1.40. The Morgan fingerprint density at radius 1 is 1.35 bits per heavy atom. The average molecular weight is 363 g/mol. The van der Waals surface area contributed by atoms with Gasteiger partial charge in [-0.25, -0.2) is 4.98 Å². The number of aromatic nitrogens is 3. The first-order valence-corrected chi connectivity index (χ1v) is 8.35. The normalized spacial score (nSPS) is 10.7. The largest absolute Gasteiger partial charge is 0.297 e. The van der Waals surface area contributed by atoms with Crippen LogP contribution in [0.15, 0.2) is 17.6 Å². The van der Waals surface area contributed by atoms with Crippen LogP contribution in [0.4, 0.5) is 5.13 Å². The molecule has 0 aliphatic rings. The minimum Gasteiger partial charge on any atom is -0.297 e. The summed E-state index contributed by atoms with van der Waals surface area (Å²) in [7, 11) is 0. The summed E-state index contributed by atoms with van der Waals surface area (Å²) in [5.74, 6) is -0.282. The van der Waals surface area contributed by atoms with E-state index in [1.807, 2.05) is 5.38 Å². The first kappa shape index (κ1) is 13.9. The van der Waals surface area contributed by atoms with Crippen LogP contribution in [0.25, 0.3) is 11.3 Å². The molecule has 0 aliphatic heterocycles. The molecule has 1 N–H and O–H groups in total. The Morgan fingerprint density at radius 2 is 2.20 bits per heavy atom. The lowest BCUT2D eigenvalue weighted by Crippen LogP contribution is -2.09. The predicted octanol–water partition coefficient (Wildman–Crippen LogP) is 4.28. The summed E-state index contributed by atoms with van der Waals surface area (Å²) in [6.45, 7) is 0. The highest BCUT2D eigenvalue weighted by molar-refractivity contribution is 7.20. The number of thiazole rings is 1. The van der Waals surface area contributed by atoms with Crippen molar-refractivity contribution in [3.05, 3.63) is 31.2 Å². The molecular formula is C10H4Cl2N4OS3. The number of hydrogen-bond donors (Lipinski definition) is 1. The van der Waals surface area contributed by atoms with Crippen molar-refractivity contribution < 1.29 is 4.79 Å². The highest BCUT2D eigenvalue weighted by Crippen LogP contribution is 2.39. The fraction of sp³-hybridized carbons (Fsp3) is 0. The van der Waals surface area contributed by atoms with Gasteiger partial charge < -0.3 is 0 Å². The van der Waals surface area contributed by atoms with Gasteiger partial charge in [-0.3, -0.25) is 10.1 Å². The monoisotopic (exact) mass is 362 g/mol. The maximum Gasteiger partial charge on any atom is 0.270 e. The first-order chi connectivity index (χ1) is 9.63. The van der Waals surface area contributed by atoms with Gasteiger partial charge >= 0.3 is 0 Å². The molecule has 20 heavy (non-hydrogen) atoms. The van der Waals surface area contributed by atoms with Crippen LogP contribution in [-0.2, 0) is 0 Å². The zero-order valence-electron chi connectivity index (χ0n) is 9.46. The Hall–Kier alpha value is -1.06. The zero-order valence-corrected chi connectivity index (χ0v) is 13.4. The highest BCUT2D eigenvalue weighted by atomic mass is 35.5. The topological polar surface area (TPSA) is 67.8 Å². The van der Waals surface area contributed by atoms with Gasteiger partial charge in [0.15, 0.2) is 5.13 Å². The quantitative estimate of drug-likeness (QED) is 0.754. The van der Waals surface area contributed by atoms with Gasteiger partial charge in [0.05, 0.1) is 16.2 Å². The summed E-state index contributed by atoms with van der Waals surface area (Å²) in [6.07, 6.45) is 1.41. The fourth-order valence-corrected chi connectivity index (χ4v) is 3.99. The number of carbonyl (C=O) groups is 1. The van der Waals surface area contributed by atoms with Crippen LogP contribution < -0.4 is 5.32 Å². The molecule has 0 fully saturated rings. The third kappa shape index (κ3) is 2.84. The lowest BCUT2D eigenvalue weighted by Gasteiger charge is -1.96. The van der Waals surface area contributed by atoms with E-state index in [1.54, 1.807) is 6.07 Å². The Bertz CT molecular complexity index is 752. The number of nitrogens with zero attached hydrogens (tertiary/aromatic N) is 3. The Kier molecular flexibility index (Phi) is 3.99. The van der Waals surface area contributed by atoms with E-state index in [4.69, 9.17) is 23.2 Å². The number of nitrogens with one attached hydrogen (secondary N) is 1. The second-order valence-corrected chi connectivity index (χ2v) is 7.44. The summed E-state index contributed by atoms with van der Waals surface area (Å²) in [6, 6.07) is 1.75. The molecule has 3 rings (SSSR count). The van der Waals surface area contributed by atoms with Gasteiger partial charge in [-0.1, -0.05) is 27.7 Å². The molecule has 0 unspecified atom stereocenters. The van der Waals surface area contributed by atoms with Crippen molar-refractivity contribution in [2.45, 2.75) is 0 Å². The lowest BCUT2D eigenvalue weighted by atomic mass is 10.3. The molecule has 0 radical (unpaired) electrons. The third-order valence-corrected chi connectivity index (χ3v) is 5.15. The van der Waals surface area contributed by atoms with E-state index in [9.17, 15) is 4.79 Å². The van der Waals surface area contributed by atoms with Crippen molar-refractivity contribution in [2.75, 3.05) is 5.32 Å². The summed E-state index contributed by atoms with van der Waals surface area (Å²) in [5, 5.41) is 8.59. The maximum atomic E-state index is 11.8. The summed E-state index contributed by atoms with van der Waals surface area (Å²) >= 11 is 15.6. The summed E-state index contributed by atoms with van der Waals surface area (Å²) in [4.78, 5) is 16.6. The second-order valence-electron chi connectivity index (χ2n) is 3.51. The number of carbonyl (C=O) groups excluding carboxylic acids is 1. The number of halogens is 2. The molecule has 0 atom stereocenters. The van der Waals surface area contributed by atoms with Crippen molar-refractivity contribution in [2.24, 2.45) is 0 Å². The SMILES string of the molecule is O=C(Nc1nc(-c2cc(Cl)sc2Cl)cs1)c1cnns1. The first-order valence-electron chi connectivity index (χ1n) is 5.13. The molecule has 3 heterocycles. The van der Waals surface area contributed by atoms with Crippen LogP contribution in [0, 0.1) is 0 Å². The molecule has 10 heteroatoms. The molecule has 0 saturated carbocycles. The summed E-state index contributed by atoms with van der Waals surface area (Å²) in [5.41, 5.74) is 1.44. The van der Waals surface area contributed by atoms with E-state index >= 15 is 0 Å². The van der Waals surface area contributed by atoms with Crippen LogP contribution >= 0.6 is 57.4 Å². The smallest absolute Gasteiger partial charge is 0.270 e. The molecule has 5 nitrogen and oxygen atoms in total. The van der Waals surface area contributed by atoms with Gasteiger partial charge in [-0.2, -0.15) is 0 Å². The van der Waals surface area contributed by atoms with E-state index < -0.39 is 0 Å². The van der Waals surface area contributed by atoms with Gasteiger partial charge in [0.1, 0.15) is 9.21 Å². The highest BCUT2D eigenvalue weighted by Gasteiger charge is 2.14. The van der Waals surface area contributed by atoms with Gasteiger partial charge in [-0.15, -0.1) is 27.8 Å². The lowest BCUT2D eigenvalue weighted by molar-refractivity contribution is 0.103. The van der Waals surface area contributed by atoms with Crippen LogP contribution in [-0.4, -0.2) is 20.5 Å². The number of hydrogen-bond acceptors (Lipinski definition) is 7. The van der Waals surface area contributed by atoms with E-state index in [0.29, 0.717) is 24.4 Å². The maximum absolute atomic E-state index is 11.8. The van der Waals surface area contributed by atoms with Crippen molar-refractivity contribution in [3.8, 4) is 11.3 Å². The standard InChI is InChI=1S/C10H4Cl2N4OS3/c11-7-1-4(8(12)19-7)5-3-18-10(14-5)15-9(17)6-2-13-16-20-6/h1-3H,(H,14,15,17). The molecule has 3 aromatic rings. The van der Waals surface area contributed by atoms with Gasteiger partial charge in [0, 0.05) is 10.9 Å². The molecule has 0 spiro atoms. The molecule has 102 valence electrons. The minimum atomic E-state index is -0.282. The molecule has 3 aromatic heterocycles. The van der Waals surface area contributed by atoms with E-state index in [1.165, 1.54) is 28.9 Å². The van der Waals surface area contributed by atoms with E-state index in [0.717, 1.165) is 17.1 Å².